The SMILES string of the molecule is CN(C(=O)c1ccc(-c2ccc(Cl)c(Cl)c2)s1)C1CC2CCC(C1)N2.Cl. The predicted molar refractivity (Wildman–Crippen MR) is 112 cm³/mol. The summed E-state index contributed by atoms with van der Waals surface area (Å²) in [5.74, 6) is 0.114. The molecule has 2 saturated heterocycles. The van der Waals surface area contributed by atoms with Crippen molar-refractivity contribution >= 4 is 52.9 Å². The van der Waals surface area contributed by atoms with Crippen LogP contribution in [0.3, 0.4) is 0 Å². The van der Waals surface area contributed by atoms with E-state index in [9.17, 15) is 4.79 Å². The van der Waals surface area contributed by atoms with E-state index in [1.54, 1.807) is 6.07 Å². The number of carbonyl (C=O) groups excluding carboxylic acids is 1. The summed E-state index contributed by atoms with van der Waals surface area (Å²) >= 11 is 13.6. The number of hydrogen-bond donors (Lipinski definition) is 1. The summed E-state index contributed by atoms with van der Waals surface area (Å²) in [6, 6.07) is 11.0. The highest BCUT2D eigenvalue weighted by Gasteiger charge is 2.36. The smallest absolute Gasteiger partial charge is 0.263 e. The van der Waals surface area contributed by atoms with Crippen LogP contribution in [0.4, 0.5) is 0 Å². The van der Waals surface area contributed by atoms with Gasteiger partial charge in [0.05, 0.1) is 14.9 Å². The van der Waals surface area contributed by atoms with Crippen molar-refractivity contribution in [2.45, 2.75) is 43.8 Å². The van der Waals surface area contributed by atoms with Crippen LogP contribution in [0.5, 0.6) is 0 Å². The molecule has 3 heterocycles. The number of fused-ring (bicyclic) bond motifs is 2. The number of piperidine rings is 1. The van der Waals surface area contributed by atoms with Crippen molar-refractivity contribution in [2.75, 3.05) is 7.05 Å². The summed E-state index contributed by atoms with van der Waals surface area (Å²) in [6.45, 7) is 0. The van der Waals surface area contributed by atoms with Crippen LogP contribution in [0, 0.1) is 0 Å². The quantitative estimate of drug-likeness (QED) is 0.696. The molecule has 7 heteroatoms. The molecule has 0 radical (unpaired) electrons. The highest BCUT2D eigenvalue weighted by atomic mass is 35.5. The molecule has 1 aromatic carbocycles. The Morgan fingerprint density at radius 2 is 1.81 bits per heavy atom. The summed E-state index contributed by atoms with van der Waals surface area (Å²) in [5, 5.41) is 4.70. The lowest BCUT2D eigenvalue weighted by Gasteiger charge is -2.35. The van der Waals surface area contributed by atoms with Gasteiger partial charge in [0, 0.05) is 30.1 Å². The van der Waals surface area contributed by atoms with Gasteiger partial charge in [0.25, 0.3) is 5.91 Å². The lowest BCUT2D eigenvalue weighted by Crippen LogP contribution is -2.48. The van der Waals surface area contributed by atoms with Gasteiger partial charge < -0.3 is 10.2 Å². The molecular weight excluding hydrogens is 411 g/mol. The van der Waals surface area contributed by atoms with Gasteiger partial charge in [0.2, 0.25) is 0 Å². The van der Waals surface area contributed by atoms with E-state index in [-0.39, 0.29) is 18.3 Å². The third kappa shape index (κ3) is 3.90. The lowest BCUT2D eigenvalue weighted by atomic mass is 9.98. The van der Waals surface area contributed by atoms with Crippen molar-refractivity contribution in [1.29, 1.82) is 0 Å². The maximum atomic E-state index is 12.9. The molecular formula is C19H21Cl3N2OS. The molecule has 2 fully saturated rings. The molecule has 1 N–H and O–H groups in total. The van der Waals surface area contributed by atoms with Gasteiger partial charge >= 0.3 is 0 Å². The summed E-state index contributed by atoms with van der Waals surface area (Å²) in [5.41, 5.74) is 0.987. The maximum Gasteiger partial charge on any atom is 0.263 e. The van der Waals surface area contributed by atoms with Crippen LogP contribution in [0.1, 0.15) is 35.4 Å². The van der Waals surface area contributed by atoms with Crippen LogP contribution in [-0.4, -0.2) is 36.0 Å². The second-order valence-electron chi connectivity index (χ2n) is 6.97. The summed E-state index contributed by atoms with van der Waals surface area (Å²) in [6.07, 6.45) is 4.60. The Balaban J connectivity index is 0.00000196. The third-order valence-corrected chi connectivity index (χ3v) is 7.20. The fraction of sp³-hybridized carbons (Fsp3) is 0.421. The topological polar surface area (TPSA) is 32.3 Å². The normalized spacial score (nSPS) is 24.2. The first-order chi connectivity index (χ1) is 12.0. The Hall–Kier alpha value is -0.780. The minimum absolute atomic E-state index is 0. The molecule has 3 nitrogen and oxygen atoms in total. The molecule has 2 aromatic rings. The average molecular weight is 432 g/mol. The molecule has 2 bridgehead atoms. The molecule has 2 unspecified atom stereocenters. The van der Waals surface area contributed by atoms with Crippen molar-refractivity contribution in [3.05, 3.63) is 45.3 Å². The molecule has 140 valence electrons. The van der Waals surface area contributed by atoms with Crippen LogP contribution < -0.4 is 5.32 Å². The van der Waals surface area contributed by atoms with Gasteiger partial charge in [-0.15, -0.1) is 23.7 Å². The number of thiophene rings is 1. The molecule has 2 aliphatic rings. The number of nitrogens with one attached hydrogen (secondary N) is 1. The van der Waals surface area contributed by atoms with E-state index in [1.165, 1.54) is 24.2 Å². The van der Waals surface area contributed by atoms with Crippen LogP contribution in [0.15, 0.2) is 30.3 Å². The Labute approximate surface area is 174 Å². The summed E-state index contributed by atoms with van der Waals surface area (Å²) in [4.78, 5) is 16.7. The number of benzene rings is 1. The van der Waals surface area contributed by atoms with Gasteiger partial charge in [-0.2, -0.15) is 0 Å². The standard InChI is InChI=1S/C19H20Cl2N2OS.ClH/c1-23(14-9-12-3-4-13(10-14)22-12)19(24)18-7-6-17(25-18)11-2-5-15(20)16(21)8-11;/h2,5-8,12-14,22H,3-4,9-10H2,1H3;1H. The van der Waals surface area contributed by atoms with Crippen LogP contribution in [0.2, 0.25) is 10.0 Å². The Morgan fingerprint density at radius 3 is 2.46 bits per heavy atom. The molecule has 2 aliphatic heterocycles. The molecule has 0 saturated carbocycles. The molecule has 2 atom stereocenters. The molecule has 0 spiro atoms. The number of amides is 1. The van der Waals surface area contributed by atoms with E-state index >= 15 is 0 Å². The minimum Gasteiger partial charge on any atom is -0.338 e. The van der Waals surface area contributed by atoms with Gasteiger partial charge in [-0.1, -0.05) is 29.3 Å². The number of nitrogens with zero attached hydrogens (tertiary/aromatic N) is 1. The largest absolute Gasteiger partial charge is 0.338 e. The van der Waals surface area contributed by atoms with Crippen molar-refractivity contribution in [2.24, 2.45) is 0 Å². The summed E-state index contributed by atoms with van der Waals surface area (Å²) < 4.78 is 0. The number of halogens is 3. The monoisotopic (exact) mass is 430 g/mol. The van der Waals surface area contributed by atoms with E-state index in [4.69, 9.17) is 23.2 Å². The molecule has 1 aromatic heterocycles. The second kappa shape index (κ2) is 8.07. The van der Waals surface area contributed by atoms with Gasteiger partial charge in [0.15, 0.2) is 0 Å². The van der Waals surface area contributed by atoms with E-state index in [0.717, 1.165) is 28.2 Å². The minimum atomic E-state index is 0. The molecule has 1 amide bonds. The second-order valence-corrected chi connectivity index (χ2v) is 8.87. The van der Waals surface area contributed by atoms with Gasteiger partial charge in [0.1, 0.15) is 0 Å². The zero-order valence-corrected chi connectivity index (χ0v) is 17.5. The van der Waals surface area contributed by atoms with Crippen molar-refractivity contribution in [3.8, 4) is 10.4 Å². The number of rotatable bonds is 3. The van der Waals surface area contributed by atoms with Crippen LogP contribution >= 0.6 is 46.9 Å². The third-order valence-electron chi connectivity index (χ3n) is 5.34. The maximum absolute atomic E-state index is 12.9. The Morgan fingerprint density at radius 1 is 1.12 bits per heavy atom. The first-order valence-corrected chi connectivity index (χ1v) is 10.2. The van der Waals surface area contributed by atoms with E-state index in [1.807, 2.05) is 36.2 Å². The molecule has 4 rings (SSSR count). The zero-order valence-electron chi connectivity index (χ0n) is 14.4. The highest BCUT2D eigenvalue weighted by molar-refractivity contribution is 7.17. The van der Waals surface area contributed by atoms with Crippen molar-refractivity contribution in [3.63, 3.8) is 0 Å². The number of carbonyl (C=O) groups is 1. The Bertz CT molecular complexity index is 798. The van der Waals surface area contributed by atoms with Gasteiger partial charge in [-0.3, -0.25) is 4.79 Å². The van der Waals surface area contributed by atoms with Crippen molar-refractivity contribution in [1.82, 2.24) is 10.2 Å². The first-order valence-electron chi connectivity index (χ1n) is 8.59. The van der Waals surface area contributed by atoms with Crippen LogP contribution in [0.25, 0.3) is 10.4 Å². The zero-order chi connectivity index (χ0) is 17.6. The highest BCUT2D eigenvalue weighted by Crippen LogP contribution is 2.34. The van der Waals surface area contributed by atoms with Gasteiger partial charge in [-0.05, 0) is 55.5 Å². The lowest BCUT2D eigenvalue weighted by molar-refractivity contribution is 0.0686. The summed E-state index contributed by atoms with van der Waals surface area (Å²) in [7, 11) is 1.94. The first kappa shape index (κ1) is 20.0. The van der Waals surface area contributed by atoms with Gasteiger partial charge in [-0.25, -0.2) is 0 Å². The van der Waals surface area contributed by atoms with E-state index in [2.05, 4.69) is 5.32 Å². The number of hydrogen-bond acceptors (Lipinski definition) is 3. The van der Waals surface area contributed by atoms with E-state index < -0.39 is 0 Å². The Kier molecular flexibility index (Phi) is 6.20. The predicted octanol–water partition coefficient (Wildman–Crippen LogP) is 5.50. The average Bonchev–Trinajstić information content (AvgIpc) is 3.22. The van der Waals surface area contributed by atoms with E-state index in [0.29, 0.717) is 28.2 Å². The molecule has 26 heavy (non-hydrogen) atoms. The fourth-order valence-electron chi connectivity index (χ4n) is 3.94. The molecule has 0 aliphatic carbocycles. The van der Waals surface area contributed by atoms with Crippen molar-refractivity contribution < 1.29 is 4.79 Å². The van der Waals surface area contributed by atoms with Crippen LogP contribution in [-0.2, 0) is 0 Å². The fourth-order valence-corrected chi connectivity index (χ4v) is 5.22.